The number of thiazole rings is 1. The number of aromatic nitrogens is 3. The van der Waals surface area contributed by atoms with E-state index in [4.69, 9.17) is 4.42 Å². The average molecular weight is 274 g/mol. The van der Waals surface area contributed by atoms with Crippen LogP contribution in [-0.4, -0.2) is 20.7 Å². The highest BCUT2D eigenvalue weighted by Gasteiger charge is 2.16. The first kappa shape index (κ1) is 11.7. The number of anilines is 1. The maximum atomic E-state index is 12.0. The van der Waals surface area contributed by atoms with Crippen LogP contribution >= 0.6 is 11.3 Å². The number of nitrogens with zero attached hydrogens (tertiary/aromatic N) is 3. The van der Waals surface area contributed by atoms with E-state index in [2.05, 4.69) is 15.4 Å². The van der Waals surface area contributed by atoms with Gasteiger partial charge in [0.05, 0.1) is 6.26 Å². The van der Waals surface area contributed by atoms with E-state index >= 15 is 0 Å². The highest BCUT2D eigenvalue weighted by Crippen LogP contribution is 2.21. The fourth-order valence-corrected chi connectivity index (χ4v) is 2.20. The minimum absolute atomic E-state index is 0.289. The predicted octanol–water partition coefficient (Wildman–Crippen LogP) is 2.39. The monoisotopic (exact) mass is 274 g/mol. The Hall–Kier alpha value is -2.41. The lowest BCUT2D eigenvalue weighted by molar-refractivity contribution is 0.102. The van der Waals surface area contributed by atoms with Gasteiger partial charge in [-0.25, -0.2) is 4.98 Å². The number of hydrogen-bond acceptors (Lipinski definition) is 5. The largest absolute Gasteiger partial charge is 0.463 e. The third-order valence-electron chi connectivity index (χ3n) is 2.54. The molecule has 0 saturated carbocycles. The molecule has 1 amide bonds. The first-order chi connectivity index (χ1) is 9.24. The van der Waals surface area contributed by atoms with Crippen molar-refractivity contribution in [2.24, 2.45) is 7.05 Å². The number of amides is 1. The number of furan rings is 1. The van der Waals surface area contributed by atoms with Crippen LogP contribution in [0.15, 0.2) is 40.5 Å². The van der Waals surface area contributed by atoms with Crippen LogP contribution in [0.25, 0.3) is 11.5 Å². The van der Waals surface area contributed by atoms with Crippen molar-refractivity contribution in [1.82, 2.24) is 14.8 Å². The molecule has 0 unspecified atom stereocenters. The Morgan fingerprint density at radius 2 is 2.42 bits per heavy atom. The van der Waals surface area contributed by atoms with Crippen molar-refractivity contribution in [2.45, 2.75) is 0 Å². The Morgan fingerprint density at radius 1 is 1.53 bits per heavy atom. The minimum atomic E-state index is -0.289. The molecule has 3 aromatic heterocycles. The molecule has 0 aliphatic carbocycles. The lowest BCUT2D eigenvalue weighted by Crippen LogP contribution is -2.12. The van der Waals surface area contributed by atoms with Crippen molar-refractivity contribution < 1.29 is 9.21 Å². The summed E-state index contributed by atoms with van der Waals surface area (Å²) in [5, 5.41) is 9.20. The molecule has 1 N–H and O–H groups in total. The van der Waals surface area contributed by atoms with Crippen LogP contribution in [0.2, 0.25) is 0 Å². The van der Waals surface area contributed by atoms with Crippen LogP contribution in [0, 0.1) is 0 Å². The zero-order valence-corrected chi connectivity index (χ0v) is 10.8. The second kappa shape index (κ2) is 4.69. The summed E-state index contributed by atoms with van der Waals surface area (Å²) in [7, 11) is 1.76. The molecule has 3 rings (SSSR count). The summed E-state index contributed by atoms with van der Waals surface area (Å²) >= 11 is 1.36. The molecule has 7 heteroatoms. The van der Waals surface area contributed by atoms with Gasteiger partial charge in [0.15, 0.2) is 16.6 Å². The number of rotatable bonds is 3. The Bertz CT molecular complexity index is 685. The van der Waals surface area contributed by atoms with Gasteiger partial charge in [-0.05, 0) is 12.1 Å². The topological polar surface area (TPSA) is 73.0 Å². The summed E-state index contributed by atoms with van der Waals surface area (Å²) in [5.41, 5.74) is 1.07. The zero-order chi connectivity index (χ0) is 13.2. The molecule has 0 bridgehead atoms. The summed E-state index contributed by atoms with van der Waals surface area (Å²) in [4.78, 5) is 16.0. The van der Waals surface area contributed by atoms with E-state index in [-0.39, 0.29) is 5.91 Å². The maximum Gasteiger partial charge on any atom is 0.277 e. The molecule has 0 aromatic carbocycles. The van der Waals surface area contributed by atoms with Gasteiger partial charge in [0.2, 0.25) is 0 Å². The number of nitrogens with one attached hydrogen (secondary N) is 1. The van der Waals surface area contributed by atoms with Crippen LogP contribution in [0.4, 0.5) is 5.13 Å². The highest BCUT2D eigenvalue weighted by molar-refractivity contribution is 7.13. The van der Waals surface area contributed by atoms with Crippen molar-refractivity contribution in [1.29, 1.82) is 0 Å². The molecule has 6 nitrogen and oxygen atoms in total. The Kier molecular flexibility index (Phi) is 2.88. The minimum Gasteiger partial charge on any atom is -0.463 e. The molecule has 0 saturated heterocycles. The van der Waals surface area contributed by atoms with Crippen molar-refractivity contribution in [3.63, 3.8) is 0 Å². The quantitative estimate of drug-likeness (QED) is 0.796. The van der Waals surface area contributed by atoms with Gasteiger partial charge in [0.25, 0.3) is 5.91 Å². The Morgan fingerprint density at radius 3 is 3.11 bits per heavy atom. The van der Waals surface area contributed by atoms with Gasteiger partial charge in [-0.2, -0.15) is 5.10 Å². The second-order valence-corrected chi connectivity index (χ2v) is 4.70. The van der Waals surface area contributed by atoms with Crippen LogP contribution in [0.1, 0.15) is 10.5 Å². The van der Waals surface area contributed by atoms with E-state index in [1.165, 1.54) is 11.3 Å². The van der Waals surface area contributed by atoms with Crippen LogP contribution < -0.4 is 5.32 Å². The van der Waals surface area contributed by atoms with E-state index < -0.39 is 0 Å². The van der Waals surface area contributed by atoms with E-state index in [1.54, 1.807) is 41.7 Å². The molecule has 0 aliphatic heterocycles. The number of aryl methyl sites for hydroxylation is 1. The van der Waals surface area contributed by atoms with Gasteiger partial charge in [0.1, 0.15) is 5.69 Å². The van der Waals surface area contributed by atoms with Crippen molar-refractivity contribution in [3.05, 3.63) is 41.7 Å². The van der Waals surface area contributed by atoms with Crippen molar-refractivity contribution in [3.8, 4) is 11.5 Å². The molecule has 0 fully saturated rings. The van der Waals surface area contributed by atoms with Crippen molar-refractivity contribution in [2.75, 3.05) is 5.32 Å². The number of carbonyl (C=O) groups excluding carboxylic acids is 1. The van der Waals surface area contributed by atoms with E-state index in [9.17, 15) is 4.79 Å². The average Bonchev–Trinajstić information content (AvgIpc) is 3.07. The SMILES string of the molecule is Cn1nc(C(=O)Nc2nccs2)cc1-c1ccco1. The molecule has 3 heterocycles. The summed E-state index contributed by atoms with van der Waals surface area (Å²) in [6.45, 7) is 0. The first-order valence-electron chi connectivity index (χ1n) is 5.53. The van der Waals surface area contributed by atoms with E-state index in [1.807, 2.05) is 6.07 Å². The lowest BCUT2D eigenvalue weighted by Gasteiger charge is -1.96. The first-order valence-corrected chi connectivity index (χ1v) is 6.41. The van der Waals surface area contributed by atoms with E-state index in [0.717, 1.165) is 5.69 Å². The number of hydrogen-bond donors (Lipinski definition) is 1. The highest BCUT2D eigenvalue weighted by atomic mass is 32.1. The Labute approximate surface area is 112 Å². The second-order valence-electron chi connectivity index (χ2n) is 3.81. The Balaban J connectivity index is 1.86. The van der Waals surface area contributed by atoms with Gasteiger partial charge in [-0.15, -0.1) is 11.3 Å². The summed E-state index contributed by atoms with van der Waals surface area (Å²) in [6.07, 6.45) is 3.21. The molecule has 96 valence electrons. The standard InChI is InChI=1S/C12H10N4O2S/c1-16-9(10-3-2-5-18-10)7-8(15-16)11(17)14-12-13-4-6-19-12/h2-7H,1H3,(H,13,14,17). The predicted molar refractivity (Wildman–Crippen MR) is 71.0 cm³/mol. The fraction of sp³-hybridized carbons (Fsp3) is 0.0833. The molecule has 19 heavy (non-hydrogen) atoms. The van der Waals surface area contributed by atoms with Crippen LogP contribution in [-0.2, 0) is 7.05 Å². The molecule has 0 atom stereocenters. The van der Waals surface area contributed by atoms with Gasteiger partial charge in [-0.1, -0.05) is 0 Å². The van der Waals surface area contributed by atoms with Gasteiger partial charge in [-0.3, -0.25) is 14.8 Å². The lowest BCUT2D eigenvalue weighted by atomic mass is 10.3. The van der Waals surface area contributed by atoms with Gasteiger partial charge in [0, 0.05) is 24.7 Å². The van der Waals surface area contributed by atoms with Crippen molar-refractivity contribution >= 4 is 22.4 Å². The number of carbonyl (C=O) groups is 1. The summed E-state index contributed by atoms with van der Waals surface area (Å²) in [5.74, 6) is 0.381. The maximum absolute atomic E-state index is 12.0. The summed E-state index contributed by atoms with van der Waals surface area (Å²) in [6, 6.07) is 5.29. The fourth-order valence-electron chi connectivity index (χ4n) is 1.68. The van der Waals surface area contributed by atoms with Gasteiger partial charge >= 0.3 is 0 Å². The third kappa shape index (κ3) is 2.27. The molecular weight excluding hydrogens is 264 g/mol. The van der Waals surface area contributed by atoms with E-state index in [0.29, 0.717) is 16.6 Å². The normalized spacial score (nSPS) is 10.6. The van der Waals surface area contributed by atoms with Gasteiger partial charge < -0.3 is 4.42 Å². The summed E-state index contributed by atoms with van der Waals surface area (Å²) < 4.78 is 6.90. The molecule has 0 aliphatic rings. The molecule has 0 radical (unpaired) electrons. The zero-order valence-electron chi connectivity index (χ0n) is 10.0. The molecule has 0 spiro atoms. The molecular formula is C12H10N4O2S. The smallest absolute Gasteiger partial charge is 0.277 e. The molecule has 3 aromatic rings. The van der Waals surface area contributed by atoms with Crippen LogP contribution in [0.5, 0.6) is 0 Å². The van der Waals surface area contributed by atoms with Crippen LogP contribution in [0.3, 0.4) is 0 Å². The third-order valence-corrected chi connectivity index (χ3v) is 3.23.